The number of aromatic nitrogens is 2. The molecule has 1 heterocycles. The minimum atomic E-state index is -1.05. The summed E-state index contributed by atoms with van der Waals surface area (Å²) in [5.74, 6) is -2.57. The second-order valence-electron chi connectivity index (χ2n) is 3.78. The summed E-state index contributed by atoms with van der Waals surface area (Å²) in [4.78, 5) is 19.1. The van der Waals surface area contributed by atoms with E-state index in [-0.39, 0.29) is 28.2 Å². The van der Waals surface area contributed by atoms with Crippen molar-refractivity contribution in [1.29, 1.82) is 0 Å². The fourth-order valence-corrected chi connectivity index (χ4v) is 1.91. The third-order valence-electron chi connectivity index (χ3n) is 2.32. The van der Waals surface area contributed by atoms with Gasteiger partial charge in [-0.15, -0.1) is 0 Å². The summed E-state index contributed by atoms with van der Waals surface area (Å²) >= 11 is 11.2. The SMILES string of the molecule is O=C(Cc1cccc(F)c1F)Nc1cc(Cl)nc(Cl)n1. The molecule has 0 bridgehead atoms. The minimum absolute atomic E-state index is 0.0530. The van der Waals surface area contributed by atoms with Gasteiger partial charge < -0.3 is 5.32 Å². The topological polar surface area (TPSA) is 54.9 Å². The maximum absolute atomic E-state index is 13.4. The van der Waals surface area contributed by atoms with Crippen LogP contribution in [0.2, 0.25) is 10.4 Å². The monoisotopic (exact) mass is 317 g/mol. The molecule has 1 aromatic heterocycles. The summed E-state index contributed by atoms with van der Waals surface area (Å²) in [5, 5.41) is 2.29. The molecule has 0 saturated carbocycles. The van der Waals surface area contributed by atoms with Crippen LogP contribution in [0.3, 0.4) is 0 Å². The Morgan fingerprint density at radius 1 is 1.25 bits per heavy atom. The van der Waals surface area contributed by atoms with Crippen molar-refractivity contribution in [3.05, 3.63) is 51.9 Å². The summed E-state index contributed by atoms with van der Waals surface area (Å²) < 4.78 is 26.4. The number of rotatable bonds is 3. The highest BCUT2D eigenvalue weighted by Gasteiger charge is 2.12. The van der Waals surface area contributed by atoms with Gasteiger partial charge in [0.25, 0.3) is 0 Å². The Morgan fingerprint density at radius 2 is 2.00 bits per heavy atom. The number of halogens is 4. The highest BCUT2D eigenvalue weighted by molar-refractivity contribution is 6.32. The largest absolute Gasteiger partial charge is 0.310 e. The highest BCUT2D eigenvalue weighted by Crippen LogP contribution is 2.16. The lowest BCUT2D eigenvalue weighted by Crippen LogP contribution is -2.16. The summed E-state index contributed by atoms with van der Waals surface area (Å²) in [6.07, 6.45) is -0.344. The molecule has 0 aliphatic carbocycles. The molecule has 1 N–H and O–H groups in total. The van der Waals surface area contributed by atoms with Crippen LogP contribution in [0.25, 0.3) is 0 Å². The van der Waals surface area contributed by atoms with Crippen LogP contribution in [0.15, 0.2) is 24.3 Å². The van der Waals surface area contributed by atoms with Gasteiger partial charge in [-0.05, 0) is 17.7 Å². The van der Waals surface area contributed by atoms with Crippen LogP contribution < -0.4 is 5.32 Å². The summed E-state index contributed by atoms with van der Waals surface area (Å²) in [6.45, 7) is 0. The van der Waals surface area contributed by atoms with Crippen LogP contribution in [0.4, 0.5) is 14.6 Å². The van der Waals surface area contributed by atoms with Crippen LogP contribution in [0.1, 0.15) is 5.56 Å². The predicted octanol–water partition coefficient (Wildman–Crippen LogP) is 3.24. The van der Waals surface area contributed by atoms with E-state index in [9.17, 15) is 13.6 Å². The van der Waals surface area contributed by atoms with Gasteiger partial charge in [-0.25, -0.2) is 18.7 Å². The number of benzene rings is 1. The minimum Gasteiger partial charge on any atom is -0.310 e. The van der Waals surface area contributed by atoms with Crippen molar-refractivity contribution in [2.75, 3.05) is 5.32 Å². The lowest BCUT2D eigenvalue weighted by molar-refractivity contribution is -0.115. The van der Waals surface area contributed by atoms with Gasteiger partial charge in [-0.1, -0.05) is 23.7 Å². The summed E-state index contributed by atoms with van der Waals surface area (Å²) in [6, 6.07) is 4.89. The van der Waals surface area contributed by atoms with Gasteiger partial charge in [0.2, 0.25) is 11.2 Å². The standard InChI is InChI=1S/C12H7Cl2F2N3O/c13-8-5-9(19-12(14)17-8)18-10(20)4-6-2-1-3-7(15)11(6)16/h1-3,5H,4H2,(H,17,18,19,20). The van der Waals surface area contributed by atoms with Gasteiger partial charge in [0, 0.05) is 11.6 Å². The number of nitrogens with zero attached hydrogens (tertiary/aromatic N) is 2. The van der Waals surface area contributed by atoms with Gasteiger partial charge in [-0.3, -0.25) is 4.79 Å². The number of nitrogens with one attached hydrogen (secondary N) is 1. The van der Waals surface area contributed by atoms with E-state index in [1.54, 1.807) is 0 Å². The lowest BCUT2D eigenvalue weighted by Gasteiger charge is -2.06. The zero-order valence-corrected chi connectivity index (χ0v) is 11.3. The Balaban J connectivity index is 2.11. The van der Waals surface area contributed by atoms with E-state index < -0.39 is 17.5 Å². The van der Waals surface area contributed by atoms with Crippen molar-refractivity contribution in [1.82, 2.24) is 9.97 Å². The molecule has 8 heteroatoms. The first-order valence-corrected chi connectivity index (χ1v) is 6.14. The van der Waals surface area contributed by atoms with Crippen molar-refractivity contribution in [2.45, 2.75) is 6.42 Å². The van der Waals surface area contributed by atoms with Gasteiger partial charge >= 0.3 is 0 Å². The molecule has 1 aromatic carbocycles. The van der Waals surface area contributed by atoms with Crippen molar-refractivity contribution < 1.29 is 13.6 Å². The second-order valence-corrected chi connectivity index (χ2v) is 4.51. The average Bonchev–Trinajstić information content (AvgIpc) is 2.33. The zero-order chi connectivity index (χ0) is 14.7. The van der Waals surface area contributed by atoms with Gasteiger partial charge in [0.15, 0.2) is 11.6 Å². The molecule has 1 amide bonds. The van der Waals surface area contributed by atoms with Crippen LogP contribution in [0.5, 0.6) is 0 Å². The van der Waals surface area contributed by atoms with E-state index in [0.717, 1.165) is 6.07 Å². The Bertz CT molecular complexity index is 647. The summed E-state index contributed by atoms with van der Waals surface area (Å²) in [7, 11) is 0. The third-order valence-corrected chi connectivity index (χ3v) is 2.68. The quantitative estimate of drug-likeness (QED) is 0.698. The second kappa shape index (κ2) is 6.11. The number of carbonyl (C=O) groups is 1. The fraction of sp³-hybridized carbons (Fsp3) is 0.0833. The number of hydrogen-bond donors (Lipinski definition) is 1. The lowest BCUT2D eigenvalue weighted by atomic mass is 10.1. The van der Waals surface area contributed by atoms with Gasteiger partial charge in [-0.2, -0.15) is 0 Å². The van der Waals surface area contributed by atoms with E-state index >= 15 is 0 Å². The molecule has 0 fully saturated rings. The molecule has 2 aromatic rings. The molecule has 0 radical (unpaired) electrons. The predicted molar refractivity (Wildman–Crippen MR) is 70.7 cm³/mol. The number of amides is 1. The maximum Gasteiger partial charge on any atom is 0.230 e. The average molecular weight is 318 g/mol. The molecular weight excluding hydrogens is 311 g/mol. The van der Waals surface area contributed by atoms with Crippen LogP contribution >= 0.6 is 23.2 Å². The molecule has 0 atom stereocenters. The molecule has 2 rings (SSSR count). The van der Waals surface area contributed by atoms with Crippen molar-refractivity contribution >= 4 is 34.9 Å². The third kappa shape index (κ3) is 3.61. The zero-order valence-electron chi connectivity index (χ0n) is 9.83. The summed E-state index contributed by atoms with van der Waals surface area (Å²) in [5.41, 5.74) is -0.0613. The fourth-order valence-electron chi connectivity index (χ4n) is 1.50. The maximum atomic E-state index is 13.4. The van der Waals surface area contributed by atoms with Crippen molar-refractivity contribution in [2.24, 2.45) is 0 Å². The Hall–Kier alpha value is -1.79. The normalized spacial score (nSPS) is 10.4. The Labute approximate surface area is 122 Å². The molecule has 20 heavy (non-hydrogen) atoms. The number of hydrogen-bond acceptors (Lipinski definition) is 3. The molecule has 0 saturated heterocycles. The van der Waals surface area contributed by atoms with Crippen LogP contribution in [-0.2, 0) is 11.2 Å². The van der Waals surface area contributed by atoms with E-state index in [1.807, 2.05) is 0 Å². The first kappa shape index (κ1) is 14.6. The molecule has 0 aliphatic heterocycles. The first-order valence-electron chi connectivity index (χ1n) is 5.38. The first-order chi connectivity index (χ1) is 9.45. The van der Waals surface area contributed by atoms with Crippen molar-refractivity contribution in [3.8, 4) is 0 Å². The number of anilines is 1. The highest BCUT2D eigenvalue weighted by atomic mass is 35.5. The van der Waals surface area contributed by atoms with E-state index in [2.05, 4.69) is 15.3 Å². The van der Waals surface area contributed by atoms with Gasteiger partial charge in [0.1, 0.15) is 11.0 Å². The van der Waals surface area contributed by atoms with Crippen molar-refractivity contribution in [3.63, 3.8) is 0 Å². The van der Waals surface area contributed by atoms with Crippen LogP contribution in [-0.4, -0.2) is 15.9 Å². The Kier molecular flexibility index (Phi) is 4.46. The molecular formula is C12H7Cl2F2N3O. The van der Waals surface area contributed by atoms with Gasteiger partial charge in [0.05, 0.1) is 6.42 Å². The Morgan fingerprint density at radius 3 is 2.70 bits per heavy atom. The van der Waals surface area contributed by atoms with E-state index in [4.69, 9.17) is 23.2 Å². The molecule has 0 spiro atoms. The molecule has 104 valence electrons. The van der Waals surface area contributed by atoms with E-state index in [1.165, 1.54) is 18.2 Å². The molecule has 0 aliphatic rings. The molecule has 4 nitrogen and oxygen atoms in total. The van der Waals surface area contributed by atoms with Crippen LogP contribution in [0, 0.1) is 11.6 Å². The molecule has 0 unspecified atom stereocenters. The number of carbonyl (C=O) groups excluding carboxylic acids is 1. The smallest absolute Gasteiger partial charge is 0.230 e. The van der Waals surface area contributed by atoms with E-state index in [0.29, 0.717) is 0 Å².